The molecule has 0 aliphatic carbocycles. The minimum Gasteiger partial charge on any atom is -0.457 e. The van der Waals surface area contributed by atoms with Crippen LogP contribution in [0.1, 0.15) is 33.3 Å². The molecule has 4 N–H and O–H groups in total. The zero-order valence-electron chi connectivity index (χ0n) is 22.1. The third-order valence-corrected chi connectivity index (χ3v) is 5.97. The molecule has 0 spiro atoms. The summed E-state index contributed by atoms with van der Waals surface area (Å²) in [5.74, 6) is 0.538. The number of sulfonamides is 1. The van der Waals surface area contributed by atoms with Gasteiger partial charge in [0.15, 0.2) is 0 Å². The number of allylic oxidation sites excluding steroid dienone is 2. The maximum atomic E-state index is 11.7. The molecule has 0 atom stereocenters. The Bertz CT molecular complexity index is 1250. The monoisotopic (exact) mass is 528 g/mol. The smallest absolute Gasteiger partial charge is 0.250 e. The molecule has 200 valence electrons. The molecule has 0 radical (unpaired) electrons. The molecule has 0 saturated carbocycles. The lowest BCUT2D eigenvalue weighted by Gasteiger charge is -2.10. The highest BCUT2D eigenvalue weighted by atomic mass is 32.2. The number of rotatable bonds is 10. The maximum Gasteiger partial charge on any atom is 0.250 e. The SMILES string of the molecule is C=C(/C=C(\C=C/C)Oc1cccc(NNC(C)=O)c1)C(=O)NC.Cc1cccc(S(=O)(=O)NC(C)C)c1. The lowest BCUT2D eigenvalue weighted by molar-refractivity contribution is -0.118. The maximum absolute atomic E-state index is 11.7. The number of hydrazine groups is 1. The van der Waals surface area contributed by atoms with Crippen LogP contribution in [0.2, 0.25) is 0 Å². The molecule has 0 aliphatic heterocycles. The molecule has 9 nitrogen and oxygen atoms in total. The van der Waals surface area contributed by atoms with Gasteiger partial charge in [-0.1, -0.05) is 30.9 Å². The van der Waals surface area contributed by atoms with E-state index in [0.717, 1.165) is 5.56 Å². The summed E-state index contributed by atoms with van der Waals surface area (Å²) < 4.78 is 31.7. The van der Waals surface area contributed by atoms with E-state index in [-0.39, 0.29) is 23.4 Å². The van der Waals surface area contributed by atoms with Crippen LogP contribution < -0.4 is 25.6 Å². The normalized spacial score (nSPS) is 11.4. The first-order chi connectivity index (χ1) is 17.4. The first kappa shape index (κ1) is 31.1. The lowest BCUT2D eigenvalue weighted by Crippen LogP contribution is -2.30. The standard InChI is InChI=1S/C17H21N3O3.C10H15NO2S/c1-5-7-15(10-12(2)17(22)18-4)23-16-9-6-8-14(11-16)20-19-13(3)21;1-8(2)11-14(12,13)10-6-4-5-9(3)7-10/h5-11,20H,2H2,1,3-4H3,(H,18,22)(H,19,21);4-8,11H,1-3H3/b7-5-,15-10+;. The highest BCUT2D eigenvalue weighted by Gasteiger charge is 2.14. The molecule has 2 aromatic carbocycles. The second-order valence-corrected chi connectivity index (χ2v) is 9.89. The number of hydrogen-bond acceptors (Lipinski definition) is 6. The van der Waals surface area contributed by atoms with Gasteiger partial charge in [0.05, 0.1) is 10.6 Å². The van der Waals surface area contributed by atoms with Crippen LogP contribution in [0.4, 0.5) is 5.69 Å². The van der Waals surface area contributed by atoms with Crippen LogP contribution in [0.15, 0.2) is 89.6 Å². The minimum atomic E-state index is -3.33. The van der Waals surface area contributed by atoms with Gasteiger partial charge in [-0.05, 0) is 69.7 Å². The van der Waals surface area contributed by atoms with Gasteiger partial charge in [0.2, 0.25) is 15.9 Å². The molecule has 0 aliphatic rings. The first-order valence-corrected chi connectivity index (χ1v) is 13.0. The molecule has 10 heteroatoms. The summed E-state index contributed by atoms with van der Waals surface area (Å²) in [6.45, 7) is 12.4. The predicted octanol–water partition coefficient (Wildman–Crippen LogP) is 3.97. The van der Waals surface area contributed by atoms with Crippen molar-refractivity contribution in [1.29, 1.82) is 0 Å². The van der Waals surface area contributed by atoms with Gasteiger partial charge >= 0.3 is 0 Å². The summed E-state index contributed by atoms with van der Waals surface area (Å²) in [7, 11) is -1.80. The fourth-order valence-electron chi connectivity index (χ4n) is 2.77. The molecule has 2 amide bonds. The quantitative estimate of drug-likeness (QED) is 0.160. The van der Waals surface area contributed by atoms with Crippen LogP contribution in [-0.2, 0) is 19.6 Å². The number of likely N-dealkylation sites (N-methyl/N-ethyl adjacent to an activating group) is 1. The Morgan fingerprint density at radius 2 is 1.76 bits per heavy atom. The fraction of sp³-hybridized carbons (Fsp3) is 0.259. The third kappa shape index (κ3) is 12.1. The summed E-state index contributed by atoms with van der Waals surface area (Å²) in [6.07, 6.45) is 5.07. The Kier molecular flexibility index (Phi) is 12.9. The Morgan fingerprint density at radius 1 is 1.08 bits per heavy atom. The third-order valence-electron chi connectivity index (χ3n) is 4.31. The van der Waals surface area contributed by atoms with Crippen molar-refractivity contribution in [2.24, 2.45) is 0 Å². The Labute approximate surface area is 219 Å². The van der Waals surface area contributed by atoms with E-state index in [9.17, 15) is 18.0 Å². The van der Waals surface area contributed by atoms with Gasteiger partial charge in [0, 0.05) is 31.7 Å². The summed E-state index contributed by atoms with van der Waals surface area (Å²) >= 11 is 0. The highest BCUT2D eigenvalue weighted by molar-refractivity contribution is 7.89. The Morgan fingerprint density at radius 3 is 2.32 bits per heavy atom. The van der Waals surface area contributed by atoms with Gasteiger partial charge in [-0.25, -0.2) is 13.1 Å². The number of nitrogens with one attached hydrogen (secondary N) is 4. The zero-order chi connectivity index (χ0) is 28.0. The minimum absolute atomic E-state index is 0.0829. The van der Waals surface area contributed by atoms with E-state index in [1.807, 2.05) is 19.9 Å². The first-order valence-electron chi connectivity index (χ1n) is 11.5. The fourth-order valence-corrected chi connectivity index (χ4v) is 4.12. The number of carbonyl (C=O) groups is 2. The van der Waals surface area contributed by atoms with Gasteiger partial charge in [0.1, 0.15) is 11.5 Å². The summed E-state index contributed by atoms with van der Waals surface area (Å²) in [5, 5.41) is 2.50. The van der Waals surface area contributed by atoms with Crippen LogP contribution in [0.25, 0.3) is 0 Å². The van der Waals surface area contributed by atoms with E-state index >= 15 is 0 Å². The zero-order valence-corrected chi connectivity index (χ0v) is 22.9. The molecule has 0 saturated heterocycles. The summed E-state index contributed by atoms with van der Waals surface area (Å²) in [4.78, 5) is 22.8. The van der Waals surface area contributed by atoms with E-state index < -0.39 is 10.0 Å². The van der Waals surface area contributed by atoms with Crippen molar-refractivity contribution in [1.82, 2.24) is 15.5 Å². The van der Waals surface area contributed by atoms with Crippen molar-refractivity contribution in [3.63, 3.8) is 0 Å². The average molecular weight is 529 g/mol. The molecule has 0 unspecified atom stereocenters. The number of hydrogen-bond donors (Lipinski definition) is 4. The number of amides is 2. The van der Waals surface area contributed by atoms with Crippen molar-refractivity contribution in [2.75, 3.05) is 12.5 Å². The largest absolute Gasteiger partial charge is 0.457 e. The van der Waals surface area contributed by atoms with Crippen LogP contribution in [0.3, 0.4) is 0 Å². The average Bonchev–Trinajstić information content (AvgIpc) is 2.82. The van der Waals surface area contributed by atoms with Crippen molar-refractivity contribution < 1.29 is 22.7 Å². The van der Waals surface area contributed by atoms with Crippen LogP contribution in [0.5, 0.6) is 5.75 Å². The molecule has 0 fully saturated rings. The van der Waals surface area contributed by atoms with Crippen molar-refractivity contribution in [3.05, 3.63) is 90.2 Å². The van der Waals surface area contributed by atoms with E-state index in [4.69, 9.17) is 4.74 Å². The molecule has 2 rings (SSSR count). The van der Waals surface area contributed by atoms with Crippen LogP contribution in [0, 0.1) is 6.92 Å². The van der Waals surface area contributed by atoms with Crippen molar-refractivity contribution >= 4 is 27.5 Å². The second-order valence-electron chi connectivity index (χ2n) is 8.18. The molecular weight excluding hydrogens is 492 g/mol. The summed E-state index contributed by atoms with van der Waals surface area (Å²) in [5.41, 5.74) is 7.14. The Balaban J connectivity index is 0.000000417. The number of benzene rings is 2. The Hall–Kier alpha value is -3.89. The van der Waals surface area contributed by atoms with E-state index in [1.54, 1.807) is 74.5 Å². The van der Waals surface area contributed by atoms with Crippen LogP contribution in [-0.4, -0.2) is 33.3 Å². The topological polar surface area (TPSA) is 126 Å². The van der Waals surface area contributed by atoms with Gasteiger partial charge in [-0.2, -0.15) is 0 Å². The van der Waals surface area contributed by atoms with E-state index in [0.29, 0.717) is 22.1 Å². The second kappa shape index (κ2) is 15.3. The van der Waals surface area contributed by atoms with Gasteiger partial charge in [-0.3, -0.25) is 20.4 Å². The molecule has 0 bridgehead atoms. The number of ether oxygens (including phenoxy) is 1. The molecule has 37 heavy (non-hydrogen) atoms. The van der Waals surface area contributed by atoms with Gasteiger partial charge in [-0.15, -0.1) is 0 Å². The van der Waals surface area contributed by atoms with E-state index in [1.165, 1.54) is 14.0 Å². The number of aryl methyl sites for hydroxylation is 1. The number of anilines is 1. The van der Waals surface area contributed by atoms with E-state index in [2.05, 4.69) is 27.5 Å². The van der Waals surface area contributed by atoms with Gasteiger partial charge in [0.25, 0.3) is 5.91 Å². The molecule has 0 aromatic heterocycles. The molecular formula is C27H36N4O5S. The highest BCUT2D eigenvalue weighted by Crippen LogP contribution is 2.20. The number of carbonyl (C=O) groups excluding carboxylic acids is 2. The molecule has 2 aromatic rings. The van der Waals surface area contributed by atoms with Crippen molar-refractivity contribution in [2.45, 2.75) is 45.6 Å². The molecule has 0 heterocycles. The van der Waals surface area contributed by atoms with Crippen molar-refractivity contribution in [3.8, 4) is 5.75 Å². The van der Waals surface area contributed by atoms with Crippen LogP contribution >= 0.6 is 0 Å². The lowest BCUT2D eigenvalue weighted by atomic mass is 10.2. The van der Waals surface area contributed by atoms with Gasteiger partial charge < -0.3 is 10.1 Å². The summed E-state index contributed by atoms with van der Waals surface area (Å²) in [6, 6.07) is 13.8. The predicted molar refractivity (Wildman–Crippen MR) is 147 cm³/mol.